The Morgan fingerprint density at radius 3 is 2.50 bits per heavy atom. The summed E-state index contributed by atoms with van der Waals surface area (Å²) in [7, 11) is 0. The van der Waals surface area contributed by atoms with Crippen LogP contribution in [0.1, 0.15) is 32.8 Å². The Morgan fingerprint density at radius 1 is 1.30 bits per heavy atom. The molecule has 1 atom stereocenters. The van der Waals surface area contributed by atoms with Crippen LogP contribution in [-0.2, 0) is 11.2 Å². The molecule has 0 saturated heterocycles. The number of benzene rings is 1. The fraction of sp³-hybridized carbons (Fsp3) is 0.471. The quantitative estimate of drug-likeness (QED) is 0.680. The van der Waals surface area contributed by atoms with Gasteiger partial charge in [-0.05, 0) is 38.3 Å². The first kappa shape index (κ1) is 16.3. The number of amides is 1. The zero-order valence-electron chi connectivity index (χ0n) is 12.8. The van der Waals surface area contributed by atoms with Crippen LogP contribution in [0, 0.1) is 0 Å². The third kappa shape index (κ3) is 4.12. The van der Waals surface area contributed by atoms with E-state index in [0.29, 0.717) is 19.5 Å². The van der Waals surface area contributed by atoms with Crippen molar-refractivity contribution in [2.45, 2.75) is 39.7 Å². The Labute approximate surface area is 122 Å². The molecule has 0 spiro atoms. The Kier molecular flexibility index (Phi) is 6.85. The van der Waals surface area contributed by atoms with Crippen molar-refractivity contribution >= 4 is 5.91 Å². The van der Waals surface area contributed by atoms with Crippen molar-refractivity contribution in [1.29, 1.82) is 0 Å². The van der Waals surface area contributed by atoms with Gasteiger partial charge in [-0.3, -0.25) is 4.79 Å². The van der Waals surface area contributed by atoms with E-state index in [9.17, 15) is 4.79 Å². The summed E-state index contributed by atoms with van der Waals surface area (Å²) in [6.45, 7) is 11.1. The van der Waals surface area contributed by atoms with Crippen LogP contribution in [0.5, 0.6) is 5.75 Å². The van der Waals surface area contributed by atoms with Crippen LogP contribution < -0.4 is 4.74 Å². The second kappa shape index (κ2) is 8.41. The molecule has 1 aromatic carbocycles. The summed E-state index contributed by atoms with van der Waals surface area (Å²) in [5.41, 5.74) is 1.06. The molecule has 1 rings (SSSR count). The molecule has 0 aromatic heterocycles. The van der Waals surface area contributed by atoms with Crippen LogP contribution in [0.4, 0.5) is 0 Å². The SMILES string of the molecule is C=CCc1ccccc1O[C@@H](CC)C(=O)N(CC)CC. The van der Waals surface area contributed by atoms with Crippen LogP contribution in [0.3, 0.4) is 0 Å². The van der Waals surface area contributed by atoms with E-state index in [1.54, 1.807) is 0 Å². The van der Waals surface area contributed by atoms with Gasteiger partial charge in [-0.2, -0.15) is 0 Å². The summed E-state index contributed by atoms with van der Waals surface area (Å²) >= 11 is 0. The van der Waals surface area contributed by atoms with Crippen LogP contribution >= 0.6 is 0 Å². The molecule has 3 heteroatoms. The van der Waals surface area contributed by atoms with Crippen LogP contribution in [0.2, 0.25) is 0 Å². The number of rotatable bonds is 8. The Bertz CT molecular complexity index is 438. The lowest BCUT2D eigenvalue weighted by molar-refractivity contribution is -0.138. The Morgan fingerprint density at radius 2 is 1.95 bits per heavy atom. The van der Waals surface area contributed by atoms with Gasteiger partial charge in [0.25, 0.3) is 5.91 Å². The molecule has 20 heavy (non-hydrogen) atoms. The molecule has 0 heterocycles. The first-order valence-electron chi connectivity index (χ1n) is 7.32. The summed E-state index contributed by atoms with van der Waals surface area (Å²) in [4.78, 5) is 14.2. The van der Waals surface area contributed by atoms with Crippen molar-refractivity contribution in [3.63, 3.8) is 0 Å². The summed E-state index contributed by atoms with van der Waals surface area (Å²) in [6.07, 6.45) is 2.83. The number of hydrogen-bond acceptors (Lipinski definition) is 2. The number of likely N-dealkylation sites (N-methyl/N-ethyl adjacent to an activating group) is 1. The van der Waals surface area contributed by atoms with E-state index < -0.39 is 6.10 Å². The maximum absolute atomic E-state index is 12.4. The van der Waals surface area contributed by atoms with E-state index >= 15 is 0 Å². The zero-order chi connectivity index (χ0) is 15.0. The molecule has 1 aromatic rings. The highest BCUT2D eigenvalue weighted by Gasteiger charge is 2.23. The highest BCUT2D eigenvalue weighted by atomic mass is 16.5. The first-order chi connectivity index (χ1) is 9.67. The van der Waals surface area contributed by atoms with Crippen LogP contribution in [0.25, 0.3) is 0 Å². The van der Waals surface area contributed by atoms with Gasteiger partial charge >= 0.3 is 0 Å². The van der Waals surface area contributed by atoms with Crippen LogP contribution in [0.15, 0.2) is 36.9 Å². The molecule has 0 aliphatic rings. The minimum absolute atomic E-state index is 0.0610. The van der Waals surface area contributed by atoms with Crippen molar-refractivity contribution in [3.8, 4) is 5.75 Å². The van der Waals surface area contributed by atoms with E-state index in [1.165, 1.54) is 0 Å². The number of para-hydroxylation sites is 1. The predicted molar refractivity (Wildman–Crippen MR) is 83.0 cm³/mol. The van der Waals surface area contributed by atoms with Gasteiger partial charge in [-0.15, -0.1) is 6.58 Å². The molecule has 0 saturated carbocycles. The molecule has 110 valence electrons. The molecule has 0 aliphatic heterocycles. The highest BCUT2D eigenvalue weighted by molar-refractivity contribution is 5.81. The number of allylic oxidation sites excluding steroid dienone is 1. The molecule has 0 N–H and O–H groups in total. The van der Waals surface area contributed by atoms with Crippen LogP contribution in [-0.4, -0.2) is 30.0 Å². The molecule has 0 radical (unpaired) electrons. The normalized spacial score (nSPS) is 11.8. The lowest BCUT2D eigenvalue weighted by atomic mass is 10.1. The summed E-state index contributed by atoms with van der Waals surface area (Å²) in [6, 6.07) is 7.82. The number of ether oxygens (including phenoxy) is 1. The van der Waals surface area contributed by atoms with Crippen molar-refractivity contribution in [2.75, 3.05) is 13.1 Å². The molecule has 3 nitrogen and oxygen atoms in total. The minimum atomic E-state index is -0.416. The van der Waals surface area contributed by atoms with Crippen molar-refractivity contribution in [2.24, 2.45) is 0 Å². The number of carbonyl (C=O) groups excluding carboxylic acids is 1. The Balaban J connectivity index is 2.88. The van der Waals surface area contributed by atoms with Gasteiger partial charge in [0.1, 0.15) is 5.75 Å². The number of carbonyl (C=O) groups is 1. The van der Waals surface area contributed by atoms with Crippen molar-refractivity contribution < 1.29 is 9.53 Å². The van der Waals surface area contributed by atoms with Gasteiger partial charge < -0.3 is 9.64 Å². The summed E-state index contributed by atoms with van der Waals surface area (Å²) < 4.78 is 5.95. The Hall–Kier alpha value is -1.77. The van der Waals surface area contributed by atoms with E-state index in [-0.39, 0.29) is 5.91 Å². The van der Waals surface area contributed by atoms with Crippen molar-refractivity contribution in [3.05, 3.63) is 42.5 Å². The topological polar surface area (TPSA) is 29.5 Å². The molecular formula is C17H25NO2. The molecular weight excluding hydrogens is 250 g/mol. The number of nitrogens with zero attached hydrogens (tertiary/aromatic N) is 1. The van der Waals surface area contributed by atoms with E-state index in [0.717, 1.165) is 17.7 Å². The summed E-state index contributed by atoms with van der Waals surface area (Å²) in [5, 5.41) is 0. The molecule has 0 bridgehead atoms. The average Bonchev–Trinajstić information content (AvgIpc) is 2.47. The van der Waals surface area contributed by atoms with Crippen molar-refractivity contribution in [1.82, 2.24) is 4.90 Å². The van der Waals surface area contributed by atoms with Gasteiger partial charge in [-0.25, -0.2) is 0 Å². The lowest BCUT2D eigenvalue weighted by Crippen LogP contribution is -2.41. The predicted octanol–water partition coefficient (Wildman–Crippen LogP) is 3.44. The smallest absolute Gasteiger partial charge is 0.263 e. The average molecular weight is 275 g/mol. The second-order valence-electron chi connectivity index (χ2n) is 4.63. The van der Waals surface area contributed by atoms with Gasteiger partial charge in [0.15, 0.2) is 6.10 Å². The first-order valence-corrected chi connectivity index (χ1v) is 7.32. The lowest BCUT2D eigenvalue weighted by Gasteiger charge is -2.25. The second-order valence-corrected chi connectivity index (χ2v) is 4.63. The largest absolute Gasteiger partial charge is 0.480 e. The fourth-order valence-corrected chi connectivity index (χ4v) is 2.14. The monoisotopic (exact) mass is 275 g/mol. The van der Waals surface area contributed by atoms with E-state index in [1.807, 2.05) is 56.0 Å². The zero-order valence-corrected chi connectivity index (χ0v) is 12.8. The van der Waals surface area contributed by atoms with Gasteiger partial charge in [0, 0.05) is 13.1 Å². The maximum atomic E-state index is 12.4. The third-order valence-corrected chi connectivity index (χ3v) is 3.33. The molecule has 0 aliphatic carbocycles. The maximum Gasteiger partial charge on any atom is 0.263 e. The molecule has 0 unspecified atom stereocenters. The molecule has 0 fully saturated rings. The number of hydrogen-bond donors (Lipinski definition) is 0. The summed E-state index contributed by atoms with van der Waals surface area (Å²) in [5.74, 6) is 0.839. The minimum Gasteiger partial charge on any atom is -0.480 e. The van der Waals surface area contributed by atoms with E-state index in [2.05, 4.69) is 6.58 Å². The highest BCUT2D eigenvalue weighted by Crippen LogP contribution is 2.21. The van der Waals surface area contributed by atoms with Gasteiger partial charge in [0.2, 0.25) is 0 Å². The van der Waals surface area contributed by atoms with Gasteiger partial charge in [0.05, 0.1) is 0 Å². The fourth-order valence-electron chi connectivity index (χ4n) is 2.14. The standard InChI is InChI=1S/C17H25NO2/c1-5-11-14-12-9-10-13-16(14)20-15(6-2)17(19)18(7-3)8-4/h5,9-10,12-13,15H,1,6-8,11H2,2-4H3/t15-/m0/s1. The van der Waals surface area contributed by atoms with E-state index in [4.69, 9.17) is 4.74 Å². The third-order valence-electron chi connectivity index (χ3n) is 3.33. The molecule has 1 amide bonds. The van der Waals surface area contributed by atoms with Gasteiger partial charge in [-0.1, -0.05) is 31.2 Å².